The van der Waals surface area contributed by atoms with Crippen molar-refractivity contribution in [1.29, 1.82) is 0 Å². The maximum absolute atomic E-state index is 11.6. The third-order valence-corrected chi connectivity index (χ3v) is 2.88. The lowest BCUT2D eigenvalue weighted by atomic mass is 10.0. The highest BCUT2D eigenvalue weighted by atomic mass is 16.2. The maximum atomic E-state index is 11.6. The first-order valence-electron chi connectivity index (χ1n) is 5.23. The largest absolute Gasteiger partial charge is 0.340 e. The molecule has 1 heterocycles. The van der Waals surface area contributed by atoms with Gasteiger partial charge in [-0.2, -0.15) is 0 Å². The molecule has 0 unspecified atom stereocenters. The summed E-state index contributed by atoms with van der Waals surface area (Å²) in [6, 6.07) is -0.0421. The number of likely N-dealkylation sites (N-methyl/N-ethyl adjacent to an activating group) is 2. The Morgan fingerprint density at radius 3 is 2.79 bits per heavy atom. The van der Waals surface area contributed by atoms with Gasteiger partial charge in [0.15, 0.2) is 0 Å². The van der Waals surface area contributed by atoms with Crippen molar-refractivity contribution in [2.45, 2.75) is 31.8 Å². The first-order chi connectivity index (χ1) is 6.52. The summed E-state index contributed by atoms with van der Waals surface area (Å²) in [5, 5.41) is 0. The van der Waals surface area contributed by atoms with Gasteiger partial charge in [0, 0.05) is 19.6 Å². The number of hydrogen-bond donors (Lipinski definition) is 1. The lowest BCUT2D eigenvalue weighted by Crippen LogP contribution is -2.51. The number of piperidine rings is 1. The summed E-state index contributed by atoms with van der Waals surface area (Å²) in [5.41, 5.74) is 5.57. The third-order valence-electron chi connectivity index (χ3n) is 2.88. The van der Waals surface area contributed by atoms with Crippen LogP contribution in [0.1, 0.15) is 19.8 Å². The molecule has 0 aromatic heterocycles. The van der Waals surface area contributed by atoms with Crippen LogP contribution < -0.4 is 5.73 Å². The van der Waals surface area contributed by atoms with Gasteiger partial charge in [0.1, 0.15) is 0 Å². The second-order valence-corrected chi connectivity index (χ2v) is 4.30. The van der Waals surface area contributed by atoms with Gasteiger partial charge in [0.2, 0.25) is 5.91 Å². The van der Waals surface area contributed by atoms with Gasteiger partial charge >= 0.3 is 0 Å². The van der Waals surface area contributed by atoms with E-state index in [1.165, 1.54) is 0 Å². The molecule has 1 aliphatic heterocycles. The quantitative estimate of drug-likeness (QED) is 0.675. The summed E-state index contributed by atoms with van der Waals surface area (Å²) in [6.45, 7) is 3.84. The van der Waals surface area contributed by atoms with Gasteiger partial charge in [-0.1, -0.05) is 0 Å². The molecule has 0 aromatic carbocycles. The molecule has 0 aromatic rings. The molecule has 1 fully saturated rings. The van der Waals surface area contributed by atoms with Crippen LogP contribution in [0.25, 0.3) is 0 Å². The Morgan fingerprint density at radius 2 is 2.29 bits per heavy atom. The molecule has 14 heavy (non-hydrogen) atoms. The molecule has 4 heteroatoms. The Kier molecular flexibility index (Phi) is 3.89. The van der Waals surface area contributed by atoms with Gasteiger partial charge in [0.25, 0.3) is 0 Å². The minimum atomic E-state index is -0.382. The zero-order valence-corrected chi connectivity index (χ0v) is 9.36. The second-order valence-electron chi connectivity index (χ2n) is 4.30. The smallest absolute Gasteiger partial charge is 0.239 e. The van der Waals surface area contributed by atoms with Crippen LogP contribution in [-0.4, -0.2) is 55.0 Å². The third kappa shape index (κ3) is 2.69. The Labute approximate surface area is 86.0 Å². The van der Waals surface area contributed by atoms with Gasteiger partial charge in [0.05, 0.1) is 6.04 Å². The minimum absolute atomic E-state index is 0.0466. The zero-order valence-electron chi connectivity index (χ0n) is 9.36. The van der Waals surface area contributed by atoms with Crippen molar-refractivity contribution in [3.05, 3.63) is 0 Å². The monoisotopic (exact) mass is 199 g/mol. The Balaban J connectivity index is 2.51. The summed E-state index contributed by atoms with van der Waals surface area (Å²) in [7, 11) is 3.95. The minimum Gasteiger partial charge on any atom is -0.340 e. The van der Waals surface area contributed by atoms with Crippen LogP contribution in [0, 0.1) is 0 Å². The molecule has 2 atom stereocenters. The number of amides is 1. The molecule has 2 N–H and O–H groups in total. The number of hydrogen-bond acceptors (Lipinski definition) is 3. The highest BCUT2D eigenvalue weighted by Gasteiger charge is 2.25. The standard InChI is InChI=1S/C10H21N3O/c1-8(11)10(14)13(3)9-5-4-6-12(2)7-9/h8-9H,4-7,11H2,1-3H3/t8-,9+/m0/s1. The topological polar surface area (TPSA) is 49.6 Å². The van der Waals surface area contributed by atoms with E-state index in [2.05, 4.69) is 11.9 Å². The highest BCUT2D eigenvalue weighted by Crippen LogP contribution is 2.13. The van der Waals surface area contributed by atoms with Gasteiger partial charge in [-0.3, -0.25) is 4.79 Å². The van der Waals surface area contributed by atoms with E-state index >= 15 is 0 Å². The molecular weight excluding hydrogens is 178 g/mol. The zero-order chi connectivity index (χ0) is 10.7. The van der Waals surface area contributed by atoms with Crippen LogP contribution in [0.15, 0.2) is 0 Å². The molecule has 0 aliphatic carbocycles. The van der Waals surface area contributed by atoms with E-state index in [1.807, 2.05) is 7.05 Å². The van der Waals surface area contributed by atoms with Crippen LogP contribution in [0.3, 0.4) is 0 Å². The summed E-state index contributed by atoms with van der Waals surface area (Å²) in [5.74, 6) is 0.0466. The lowest BCUT2D eigenvalue weighted by molar-refractivity contribution is -0.133. The molecule has 0 spiro atoms. The number of nitrogens with two attached hydrogens (primary N) is 1. The van der Waals surface area contributed by atoms with Crippen molar-refractivity contribution in [3.8, 4) is 0 Å². The van der Waals surface area contributed by atoms with Crippen molar-refractivity contribution < 1.29 is 4.79 Å². The fourth-order valence-corrected chi connectivity index (χ4v) is 1.96. The van der Waals surface area contributed by atoms with E-state index in [4.69, 9.17) is 5.73 Å². The van der Waals surface area contributed by atoms with Crippen molar-refractivity contribution in [2.75, 3.05) is 27.2 Å². The number of carbonyl (C=O) groups excluding carboxylic acids is 1. The van der Waals surface area contributed by atoms with Gasteiger partial charge in [-0.25, -0.2) is 0 Å². The number of likely N-dealkylation sites (tertiary alicyclic amines) is 1. The van der Waals surface area contributed by atoms with Crippen LogP contribution in [0.2, 0.25) is 0 Å². The normalized spacial score (nSPS) is 25.9. The van der Waals surface area contributed by atoms with Crippen molar-refractivity contribution >= 4 is 5.91 Å². The Bertz CT molecular complexity index is 206. The Morgan fingerprint density at radius 1 is 1.64 bits per heavy atom. The molecule has 1 saturated heterocycles. The van der Waals surface area contributed by atoms with E-state index in [0.717, 1.165) is 25.9 Å². The predicted octanol–water partition coefficient (Wildman–Crippen LogP) is -0.114. The lowest BCUT2D eigenvalue weighted by Gasteiger charge is -2.36. The number of nitrogens with zero attached hydrogens (tertiary/aromatic N) is 2. The average molecular weight is 199 g/mol. The van der Waals surface area contributed by atoms with Crippen molar-refractivity contribution in [3.63, 3.8) is 0 Å². The van der Waals surface area contributed by atoms with Crippen LogP contribution >= 0.6 is 0 Å². The van der Waals surface area contributed by atoms with Crippen LogP contribution in [-0.2, 0) is 4.79 Å². The van der Waals surface area contributed by atoms with Gasteiger partial charge < -0.3 is 15.5 Å². The van der Waals surface area contributed by atoms with Crippen molar-refractivity contribution in [1.82, 2.24) is 9.80 Å². The number of rotatable bonds is 2. The van der Waals surface area contributed by atoms with E-state index in [1.54, 1.807) is 11.8 Å². The molecule has 0 bridgehead atoms. The molecule has 82 valence electrons. The SMILES string of the molecule is C[C@H](N)C(=O)N(C)[C@@H]1CCCN(C)C1. The summed E-state index contributed by atoms with van der Waals surface area (Å²) >= 11 is 0. The van der Waals surface area contributed by atoms with Crippen LogP contribution in [0.4, 0.5) is 0 Å². The van der Waals surface area contributed by atoms with E-state index < -0.39 is 0 Å². The van der Waals surface area contributed by atoms with E-state index in [-0.39, 0.29) is 11.9 Å². The average Bonchev–Trinajstić information content (AvgIpc) is 2.15. The first-order valence-corrected chi connectivity index (χ1v) is 5.23. The molecular formula is C10H21N3O. The number of carbonyl (C=O) groups is 1. The van der Waals surface area contributed by atoms with Crippen LogP contribution in [0.5, 0.6) is 0 Å². The van der Waals surface area contributed by atoms with E-state index in [9.17, 15) is 4.79 Å². The molecule has 4 nitrogen and oxygen atoms in total. The van der Waals surface area contributed by atoms with E-state index in [0.29, 0.717) is 6.04 Å². The Hall–Kier alpha value is -0.610. The first kappa shape index (κ1) is 11.5. The summed E-state index contributed by atoms with van der Waals surface area (Å²) in [4.78, 5) is 15.7. The van der Waals surface area contributed by atoms with Gasteiger partial charge in [-0.05, 0) is 33.4 Å². The summed E-state index contributed by atoms with van der Waals surface area (Å²) < 4.78 is 0. The van der Waals surface area contributed by atoms with Crippen molar-refractivity contribution in [2.24, 2.45) is 5.73 Å². The molecule has 1 aliphatic rings. The fourth-order valence-electron chi connectivity index (χ4n) is 1.96. The molecule has 1 rings (SSSR count). The van der Waals surface area contributed by atoms with Gasteiger partial charge in [-0.15, -0.1) is 0 Å². The maximum Gasteiger partial charge on any atom is 0.239 e. The fraction of sp³-hybridized carbons (Fsp3) is 0.900. The molecule has 1 amide bonds. The second kappa shape index (κ2) is 4.75. The predicted molar refractivity (Wildman–Crippen MR) is 56.9 cm³/mol. The highest BCUT2D eigenvalue weighted by molar-refractivity contribution is 5.81. The molecule has 0 saturated carbocycles. The summed E-state index contributed by atoms with van der Waals surface area (Å²) in [6.07, 6.45) is 2.26. The molecule has 0 radical (unpaired) electrons.